The molecular formula is C22H30IN4-. The number of alkyl halides is 1. The molecule has 0 radical (unpaired) electrons. The van der Waals surface area contributed by atoms with E-state index in [1.165, 1.54) is 22.5 Å². The molecule has 1 aliphatic rings. The summed E-state index contributed by atoms with van der Waals surface area (Å²) in [6.45, 7) is 9.22. The van der Waals surface area contributed by atoms with Crippen molar-refractivity contribution in [1.29, 1.82) is 0 Å². The number of nitrogens with zero attached hydrogens (tertiary/aromatic N) is 1. The zero-order valence-corrected chi connectivity index (χ0v) is 19.2. The van der Waals surface area contributed by atoms with Gasteiger partial charge in [-0.2, -0.15) is 0 Å². The number of nitrogens with one attached hydrogen (secondary N) is 1. The number of likely N-dealkylation sites (N-methyl/N-ethyl adjacent to an activating group) is 1. The third-order valence-electron chi connectivity index (χ3n) is 5.44. The van der Waals surface area contributed by atoms with Crippen LogP contribution in [0.4, 0.5) is 22.7 Å². The molecule has 0 fully saturated rings. The van der Waals surface area contributed by atoms with E-state index in [0.29, 0.717) is 0 Å². The first-order chi connectivity index (χ1) is 12.6. The van der Waals surface area contributed by atoms with Crippen molar-refractivity contribution in [3.05, 3.63) is 57.3 Å². The van der Waals surface area contributed by atoms with E-state index in [9.17, 15) is 0 Å². The van der Waals surface area contributed by atoms with Crippen molar-refractivity contribution in [2.24, 2.45) is 0 Å². The third kappa shape index (κ3) is 3.49. The van der Waals surface area contributed by atoms with Crippen molar-refractivity contribution in [3.63, 3.8) is 0 Å². The molecule has 0 atom stereocenters. The van der Waals surface area contributed by atoms with Gasteiger partial charge in [0.2, 0.25) is 0 Å². The molecule has 0 saturated carbocycles. The van der Waals surface area contributed by atoms with Crippen LogP contribution in [0.1, 0.15) is 38.8 Å². The van der Waals surface area contributed by atoms with Crippen LogP contribution in [0, 0.1) is 0 Å². The Hall–Kier alpha value is -1.89. The Morgan fingerprint density at radius 1 is 1.07 bits per heavy atom. The molecule has 0 unspecified atom stereocenters. The predicted molar refractivity (Wildman–Crippen MR) is 114 cm³/mol. The van der Waals surface area contributed by atoms with E-state index >= 15 is 0 Å². The second-order valence-electron chi connectivity index (χ2n) is 8.09. The normalized spacial score (nSPS) is 17.4. The average molecular weight is 477 g/mol. The maximum absolute atomic E-state index is 6.08. The molecule has 1 heterocycles. The van der Waals surface area contributed by atoms with Crippen LogP contribution in [0.2, 0.25) is 0 Å². The molecule has 0 aromatic heterocycles. The Morgan fingerprint density at radius 3 is 2.37 bits per heavy atom. The van der Waals surface area contributed by atoms with Crippen LogP contribution in [0.3, 0.4) is 0 Å². The average Bonchev–Trinajstić information content (AvgIpc) is 2.79. The van der Waals surface area contributed by atoms with Crippen molar-refractivity contribution in [2.45, 2.75) is 36.5 Å². The van der Waals surface area contributed by atoms with Crippen LogP contribution < -0.4 is 42.9 Å². The molecule has 5 heteroatoms. The molecule has 0 saturated heterocycles. The Bertz CT molecular complexity index is 899. The fraction of sp³-hybridized carbons (Fsp3) is 0.364. The summed E-state index contributed by atoms with van der Waals surface area (Å²) in [5.74, 6) is 0. The van der Waals surface area contributed by atoms with Gasteiger partial charge >= 0.3 is 174 Å². The number of nitrogen functional groups attached to an aromatic ring is 2. The van der Waals surface area contributed by atoms with Crippen molar-refractivity contribution in [2.75, 3.05) is 35.8 Å². The monoisotopic (exact) mass is 477 g/mol. The van der Waals surface area contributed by atoms with Crippen molar-refractivity contribution in [1.82, 2.24) is 0 Å². The van der Waals surface area contributed by atoms with Gasteiger partial charge in [-0.15, -0.1) is 0 Å². The van der Waals surface area contributed by atoms with E-state index in [1.54, 1.807) is 0 Å². The number of hydrogen-bond acceptors (Lipinski definition) is 4. The molecular weight excluding hydrogens is 447 g/mol. The summed E-state index contributed by atoms with van der Waals surface area (Å²) >= 11 is -0.278. The van der Waals surface area contributed by atoms with Crippen LogP contribution in [-0.4, -0.2) is 14.1 Å². The van der Waals surface area contributed by atoms with Gasteiger partial charge in [0.15, 0.2) is 0 Å². The molecule has 2 aromatic rings. The number of rotatable bonds is 4. The van der Waals surface area contributed by atoms with E-state index in [4.69, 9.17) is 11.5 Å². The van der Waals surface area contributed by atoms with Gasteiger partial charge in [-0.1, -0.05) is 0 Å². The molecule has 0 bridgehead atoms. The topological polar surface area (TPSA) is 67.3 Å². The summed E-state index contributed by atoms with van der Waals surface area (Å²) in [7, 11) is 4.13. The molecule has 1 aliphatic heterocycles. The number of fused-ring (bicyclic) bond motifs is 1. The summed E-state index contributed by atoms with van der Waals surface area (Å²) in [6, 6.07) is 12.4. The summed E-state index contributed by atoms with van der Waals surface area (Å²) in [5, 5.41) is 3.32. The van der Waals surface area contributed by atoms with E-state index in [0.717, 1.165) is 17.1 Å². The zero-order valence-electron chi connectivity index (χ0n) is 17.0. The van der Waals surface area contributed by atoms with Gasteiger partial charge in [0, 0.05) is 0 Å². The first-order valence-corrected chi connectivity index (χ1v) is 11.5. The van der Waals surface area contributed by atoms with Crippen LogP contribution in [-0.2, 0) is 8.84 Å². The molecule has 0 aliphatic carbocycles. The Morgan fingerprint density at radius 2 is 1.70 bits per heavy atom. The van der Waals surface area contributed by atoms with E-state index in [1.807, 2.05) is 19.2 Å². The number of benzene rings is 2. The van der Waals surface area contributed by atoms with Gasteiger partial charge in [0.1, 0.15) is 0 Å². The predicted octanol–water partition coefficient (Wildman–Crippen LogP) is 1.49. The summed E-state index contributed by atoms with van der Waals surface area (Å²) in [5.41, 5.74) is 20.1. The summed E-state index contributed by atoms with van der Waals surface area (Å²) < 4.78 is 2.54. The molecule has 146 valence electrons. The van der Waals surface area contributed by atoms with Crippen LogP contribution in [0.25, 0.3) is 0 Å². The number of halogens is 1. The van der Waals surface area contributed by atoms with Crippen LogP contribution >= 0.6 is 0 Å². The van der Waals surface area contributed by atoms with E-state index in [-0.39, 0.29) is 30.0 Å². The molecule has 5 N–H and O–H groups in total. The van der Waals surface area contributed by atoms with Crippen LogP contribution in [0.15, 0.2) is 46.2 Å². The van der Waals surface area contributed by atoms with Crippen molar-refractivity contribution < 1.29 is 21.2 Å². The second kappa shape index (κ2) is 6.93. The van der Waals surface area contributed by atoms with Gasteiger partial charge in [-0.3, -0.25) is 0 Å². The van der Waals surface area contributed by atoms with Gasteiger partial charge in [-0.25, -0.2) is 0 Å². The molecule has 0 amide bonds. The fourth-order valence-corrected chi connectivity index (χ4v) is 6.81. The minimum absolute atomic E-state index is 0.0448. The number of allylic oxidation sites excluding steroid dienone is 1. The molecule has 0 spiro atoms. The summed E-state index contributed by atoms with van der Waals surface area (Å²) in [4.78, 5) is 2.32. The van der Waals surface area contributed by atoms with Crippen LogP contribution in [0.5, 0.6) is 0 Å². The fourth-order valence-electron chi connectivity index (χ4n) is 3.76. The molecule has 27 heavy (non-hydrogen) atoms. The Balaban J connectivity index is 1.97. The number of anilines is 4. The maximum atomic E-state index is 6.08. The van der Waals surface area contributed by atoms with E-state index in [2.05, 4.69) is 73.3 Å². The van der Waals surface area contributed by atoms with E-state index < -0.39 is 0 Å². The van der Waals surface area contributed by atoms with Gasteiger partial charge in [-0.05, 0) is 0 Å². The number of hydrogen-bond donors (Lipinski definition) is 3. The van der Waals surface area contributed by atoms with Crippen molar-refractivity contribution in [3.8, 4) is 0 Å². The molecule has 3 rings (SSSR count). The molecule has 4 nitrogen and oxygen atoms in total. The summed E-state index contributed by atoms with van der Waals surface area (Å²) in [6.07, 6.45) is 0. The zero-order chi connectivity index (χ0) is 20.0. The number of nitrogens with two attached hydrogens (primary N) is 2. The minimum atomic E-state index is -0.278. The first kappa shape index (κ1) is 19.9. The van der Waals surface area contributed by atoms with Gasteiger partial charge in [0.25, 0.3) is 0 Å². The Kier molecular flexibility index (Phi) is 5.10. The van der Waals surface area contributed by atoms with Gasteiger partial charge in [0.05, 0.1) is 0 Å². The SMILES string of the molecule is CNc1ccc(N)cc1C(C)(C)[I-]C=C1N(C)c2ccc(N)cc2C1(C)C. The Labute approximate surface area is 173 Å². The third-order valence-corrected chi connectivity index (χ3v) is 8.48. The standard InChI is InChI=1S/C22H30IN4/c1-21(2)17-12-15(25)8-10-19(17)27(6)20(21)13-23-22(3,4)16-11-14(24)7-9-18(16)26-5/h7-13,26H,24-25H2,1-6H3/q-1. The quantitative estimate of drug-likeness (QED) is 0.355. The molecule has 2 aromatic carbocycles. The first-order valence-electron chi connectivity index (χ1n) is 9.14. The van der Waals surface area contributed by atoms with Crippen molar-refractivity contribution >= 4 is 22.7 Å². The second-order valence-corrected chi connectivity index (χ2v) is 12.0. The van der Waals surface area contributed by atoms with Gasteiger partial charge < -0.3 is 0 Å².